The zero-order valence-electron chi connectivity index (χ0n) is 34.4. The van der Waals surface area contributed by atoms with Gasteiger partial charge in [0.25, 0.3) is 0 Å². The third kappa shape index (κ3) is 26.3. The number of phosphoric ester groups is 1. The summed E-state index contributed by atoms with van der Waals surface area (Å²) in [5.74, 6) is -1.18. The molecule has 1 aliphatic rings. The summed E-state index contributed by atoms with van der Waals surface area (Å²) in [5.41, 5.74) is 0. The molecule has 13 nitrogen and oxygen atoms in total. The van der Waals surface area contributed by atoms with E-state index in [1.807, 2.05) is 12.2 Å². The minimum Gasteiger partial charge on any atom is -0.462 e. The first-order valence-electron chi connectivity index (χ1n) is 21.1. The van der Waals surface area contributed by atoms with E-state index >= 15 is 0 Å². The van der Waals surface area contributed by atoms with Gasteiger partial charge in [0.15, 0.2) is 6.10 Å². The number of ether oxygens (including phenoxy) is 2. The fourth-order valence-corrected chi connectivity index (χ4v) is 6.82. The molecule has 14 heteroatoms. The maximum absolute atomic E-state index is 12.8. The predicted molar refractivity (Wildman–Crippen MR) is 221 cm³/mol. The highest BCUT2D eigenvalue weighted by atomic mass is 31.2. The fraction of sp³-hybridized carbons (Fsp3) is 0.721. The summed E-state index contributed by atoms with van der Waals surface area (Å²) < 4.78 is 33.3. The van der Waals surface area contributed by atoms with E-state index in [0.29, 0.717) is 19.3 Å². The van der Waals surface area contributed by atoms with Crippen molar-refractivity contribution in [3.8, 4) is 0 Å². The van der Waals surface area contributed by atoms with Crippen LogP contribution in [0.15, 0.2) is 60.8 Å². The molecule has 6 unspecified atom stereocenters. The van der Waals surface area contributed by atoms with Crippen LogP contribution in [0.1, 0.15) is 142 Å². The molecule has 1 rings (SSSR count). The predicted octanol–water partition coefficient (Wildman–Crippen LogP) is 7.38. The molecule has 1 saturated carbocycles. The van der Waals surface area contributed by atoms with Crippen LogP contribution in [0, 0.1) is 0 Å². The zero-order valence-corrected chi connectivity index (χ0v) is 35.3. The van der Waals surface area contributed by atoms with Crippen LogP contribution >= 0.6 is 7.82 Å². The Morgan fingerprint density at radius 1 is 0.544 bits per heavy atom. The van der Waals surface area contributed by atoms with Gasteiger partial charge in [-0.05, 0) is 70.6 Å². The number of esters is 2. The van der Waals surface area contributed by atoms with E-state index in [1.54, 1.807) is 0 Å². The number of phosphoric acid groups is 1. The lowest BCUT2D eigenvalue weighted by Gasteiger charge is -2.41. The third-order valence-corrected chi connectivity index (χ3v) is 10.3. The maximum atomic E-state index is 12.8. The molecular formula is C43H73O13P. The average molecular weight is 829 g/mol. The van der Waals surface area contributed by atoms with Crippen LogP contribution in [-0.2, 0) is 32.7 Å². The number of aliphatic hydroxyl groups excluding tert-OH is 5. The van der Waals surface area contributed by atoms with Crippen molar-refractivity contribution in [2.45, 2.75) is 185 Å². The van der Waals surface area contributed by atoms with Crippen molar-refractivity contribution in [1.29, 1.82) is 0 Å². The lowest BCUT2D eigenvalue weighted by Crippen LogP contribution is -2.64. The van der Waals surface area contributed by atoms with E-state index in [0.717, 1.165) is 64.2 Å². The van der Waals surface area contributed by atoms with Crippen LogP contribution in [0.25, 0.3) is 0 Å². The van der Waals surface area contributed by atoms with E-state index in [-0.39, 0.29) is 12.8 Å². The molecule has 0 spiro atoms. The topological polar surface area (TPSA) is 210 Å². The molecule has 0 bridgehead atoms. The Bertz CT molecular complexity index is 1230. The first kappa shape index (κ1) is 52.6. The van der Waals surface area contributed by atoms with Gasteiger partial charge in [-0.2, -0.15) is 0 Å². The molecule has 328 valence electrons. The first-order valence-corrected chi connectivity index (χ1v) is 22.6. The number of hydrogen-bond acceptors (Lipinski definition) is 12. The largest absolute Gasteiger partial charge is 0.472 e. The van der Waals surface area contributed by atoms with Gasteiger partial charge in [-0.3, -0.25) is 18.6 Å². The van der Waals surface area contributed by atoms with E-state index in [4.69, 9.17) is 18.5 Å². The molecular weight excluding hydrogens is 755 g/mol. The van der Waals surface area contributed by atoms with Gasteiger partial charge >= 0.3 is 19.8 Å². The van der Waals surface area contributed by atoms with Crippen molar-refractivity contribution in [3.63, 3.8) is 0 Å². The summed E-state index contributed by atoms with van der Waals surface area (Å²) in [6.07, 6.45) is 25.8. The second-order valence-electron chi connectivity index (χ2n) is 14.5. The number of hydrogen-bond donors (Lipinski definition) is 6. The molecule has 57 heavy (non-hydrogen) atoms. The van der Waals surface area contributed by atoms with Crippen LogP contribution in [0.5, 0.6) is 0 Å². The molecule has 6 N–H and O–H groups in total. The Labute approximate surface area is 341 Å². The van der Waals surface area contributed by atoms with Crippen LogP contribution in [0.2, 0.25) is 0 Å². The third-order valence-electron chi connectivity index (χ3n) is 9.33. The fourth-order valence-electron chi connectivity index (χ4n) is 5.85. The van der Waals surface area contributed by atoms with Gasteiger partial charge in [-0.1, -0.05) is 120 Å². The highest BCUT2D eigenvalue weighted by molar-refractivity contribution is 7.47. The lowest BCUT2D eigenvalue weighted by atomic mass is 9.85. The van der Waals surface area contributed by atoms with E-state index in [1.165, 1.54) is 32.1 Å². The number of allylic oxidation sites excluding steroid dienone is 10. The number of aliphatic hydroxyl groups is 5. The van der Waals surface area contributed by atoms with Crippen LogP contribution in [-0.4, -0.2) is 98.3 Å². The maximum Gasteiger partial charge on any atom is 0.472 e. The van der Waals surface area contributed by atoms with Crippen molar-refractivity contribution in [2.75, 3.05) is 13.2 Å². The summed E-state index contributed by atoms with van der Waals surface area (Å²) in [7, 11) is -5.13. The quantitative estimate of drug-likeness (QED) is 0.0165. The Balaban J connectivity index is 2.54. The van der Waals surface area contributed by atoms with Crippen molar-refractivity contribution in [2.24, 2.45) is 0 Å². The van der Waals surface area contributed by atoms with Gasteiger partial charge in [-0.25, -0.2) is 4.57 Å². The summed E-state index contributed by atoms with van der Waals surface area (Å²) in [4.78, 5) is 35.5. The number of rotatable bonds is 33. The van der Waals surface area contributed by atoms with Crippen LogP contribution in [0.4, 0.5) is 0 Å². The van der Waals surface area contributed by atoms with Crippen molar-refractivity contribution in [3.05, 3.63) is 60.8 Å². The average Bonchev–Trinajstić information content (AvgIpc) is 3.19. The molecule has 0 aliphatic heterocycles. The zero-order chi connectivity index (χ0) is 42.2. The second-order valence-corrected chi connectivity index (χ2v) is 15.9. The van der Waals surface area contributed by atoms with Gasteiger partial charge in [0.05, 0.1) is 6.61 Å². The molecule has 0 aromatic carbocycles. The Morgan fingerprint density at radius 3 is 1.56 bits per heavy atom. The van der Waals surface area contributed by atoms with E-state index in [2.05, 4.69) is 62.5 Å². The van der Waals surface area contributed by atoms with E-state index in [9.17, 15) is 44.6 Å². The van der Waals surface area contributed by atoms with Gasteiger partial charge in [0, 0.05) is 12.8 Å². The minimum absolute atomic E-state index is 0.0717. The molecule has 1 fully saturated rings. The summed E-state index contributed by atoms with van der Waals surface area (Å²) in [6, 6.07) is 0. The summed E-state index contributed by atoms with van der Waals surface area (Å²) in [5, 5.41) is 50.0. The highest BCUT2D eigenvalue weighted by Gasteiger charge is 2.51. The monoisotopic (exact) mass is 828 g/mol. The van der Waals surface area contributed by atoms with Crippen molar-refractivity contribution >= 4 is 19.8 Å². The molecule has 1 aliphatic carbocycles. The molecule has 0 aromatic rings. The molecule has 0 saturated heterocycles. The SMILES string of the molecule is CCCC/C=C/CCCCCCCC(=O)O[C@@H](COC(=O)CCC/C=C/C/C=C/C/C=C/C/C=C/CCCCC)COP(=O)(O)OC1C(O)C(O)C(O)[C@H](O)C1O. The summed E-state index contributed by atoms with van der Waals surface area (Å²) >= 11 is 0. The number of unbranched alkanes of at least 4 members (excludes halogenated alkanes) is 11. The molecule has 0 aromatic heterocycles. The first-order chi connectivity index (χ1) is 27.4. The number of carbonyl (C=O) groups is 2. The molecule has 0 heterocycles. The molecule has 0 amide bonds. The van der Waals surface area contributed by atoms with E-state index < -0.39 is 75.7 Å². The van der Waals surface area contributed by atoms with Gasteiger partial charge in [0.1, 0.15) is 43.2 Å². The lowest BCUT2D eigenvalue weighted by molar-refractivity contribution is -0.220. The standard InChI is InChI=1S/C43H73O13P/c1-3-5-7-9-11-13-15-16-17-18-19-20-22-23-25-27-29-31-36(44)53-33-35(55-37(45)32-30-28-26-24-21-14-12-10-8-6-4-2)34-54-57(51,52)56-43-41(49)39(47)38(46)40(48)42(43)50/h10-13,16-17,19-20,23,25,35,38-43,46-50H,3-9,14-15,18,21-22,24,26-34H2,1-2H3,(H,51,52)/b12-10+,13-11+,17-16+,20-19+,25-23+/t35-,38?,39-,40?,41?,42?,43?/m0/s1. The Hall–Kier alpha value is -2.45. The molecule has 8 atom stereocenters. The van der Waals surface area contributed by atoms with Gasteiger partial charge in [0.2, 0.25) is 0 Å². The van der Waals surface area contributed by atoms with Gasteiger partial charge < -0.3 is 39.9 Å². The summed E-state index contributed by atoms with van der Waals surface area (Å²) in [6.45, 7) is 3.14. The van der Waals surface area contributed by atoms with Crippen molar-refractivity contribution < 1.29 is 63.1 Å². The van der Waals surface area contributed by atoms with Crippen LogP contribution < -0.4 is 0 Å². The Morgan fingerprint density at radius 2 is 0.982 bits per heavy atom. The number of carbonyl (C=O) groups excluding carboxylic acids is 2. The minimum atomic E-state index is -5.13. The molecule has 0 radical (unpaired) electrons. The van der Waals surface area contributed by atoms with Gasteiger partial charge in [-0.15, -0.1) is 0 Å². The van der Waals surface area contributed by atoms with Crippen molar-refractivity contribution in [1.82, 2.24) is 0 Å². The Kier molecular flexibility index (Phi) is 30.8. The second kappa shape index (κ2) is 33.4. The van der Waals surface area contributed by atoms with Crippen LogP contribution in [0.3, 0.4) is 0 Å². The highest BCUT2D eigenvalue weighted by Crippen LogP contribution is 2.47. The normalized spacial score (nSPS) is 23.3. The smallest absolute Gasteiger partial charge is 0.462 e.